The summed E-state index contributed by atoms with van der Waals surface area (Å²) in [6.07, 6.45) is 2.38. The maximum atomic E-state index is 11.3. The van der Waals surface area contributed by atoms with Crippen molar-refractivity contribution >= 4 is 5.82 Å². The lowest BCUT2D eigenvalue weighted by Gasteiger charge is -2.31. The van der Waals surface area contributed by atoms with Gasteiger partial charge < -0.3 is 9.88 Å². The Kier molecular flexibility index (Phi) is 2.75. The van der Waals surface area contributed by atoms with E-state index in [9.17, 15) is 4.79 Å². The Balaban J connectivity index is 2.19. The summed E-state index contributed by atoms with van der Waals surface area (Å²) in [4.78, 5) is 20.5. The van der Waals surface area contributed by atoms with Crippen LogP contribution in [0.3, 0.4) is 0 Å². The fourth-order valence-corrected chi connectivity index (χ4v) is 1.96. The molecule has 0 aliphatic carbocycles. The molecule has 0 bridgehead atoms. The van der Waals surface area contributed by atoms with Crippen molar-refractivity contribution in [2.75, 3.05) is 18.0 Å². The molecule has 1 fully saturated rings. The molecule has 1 aromatic heterocycles. The molecular weight excluding hydrogens is 190 g/mol. The van der Waals surface area contributed by atoms with Gasteiger partial charge in [0, 0.05) is 19.2 Å². The fourth-order valence-electron chi connectivity index (χ4n) is 1.96. The molecule has 0 spiro atoms. The van der Waals surface area contributed by atoms with E-state index in [1.807, 2.05) is 6.92 Å². The van der Waals surface area contributed by atoms with E-state index in [1.165, 1.54) is 12.8 Å². The number of hydrogen-bond acceptors (Lipinski definition) is 3. The minimum absolute atomic E-state index is 0.0591. The normalized spacial score (nSPS) is 18.1. The average Bonchev–Trinajstić information content (AvgIpc) is 2.17. The average molecular weight is 207 g/mol. The molecule has 0 radical (unpaired) electrons. The summed E-state index contributed by atoms with van der Waals surface area (Å²) in [7, 11) is 0. The SMILES string of the molecule is Cc1nc(N2CCC(C)CC2)cc(=O)[nH]1. The smallest absolute Gasteiger partial charge is 0.252 e. The Labute approximate surface area is 89.3 Å². The first-order valence-corrected chi connectivity index (χ1v) is 5.48. The minimum atomic E-state index is -0.0591. The molecule has 2 heterocycles. The lowest BCUT2D eigenvalue weighted by atomic mass is 9.99. The van der Waals surface area contributed by atoms with Gasteiger partial charge in [-0.2, -0.15) is 0 Å². The zero-order chi connectivity index (χ0) is 10.8. The Morgan fingerprint density at radius 3 is 2.73 bits per heavy atom. The predicted molar refractivity (Wildman–Crippen MR) is 60.2 cm³/mol. The van der Waals surface area contributed by atoms with Crippen LogP contribution < -0.4 is 10.5 Å². The fraction of sp³-hybridized carbons (Fsp3) is 0.636. The molecular formula is C11H17N3O. The summed E-state index contributed by atoms with van der Waals surface area (Å²) in [6.45, 7) is 6.11. The number of aromatic nitrogens is 2. The summed E-state index contributed by atoms with van der Waals surface area (Å²) >= 11 is 0. The third-order valence-electron chi connectivity index (χ3n) is 2.95. The number of rotatable bonds is 1. The van der Waals surface area contributed by atoms with Crippen molar-refractivity contribution in [3.05, 3.63) is 22.2 Å². The predicted octanol–water partition coefficient (Wildman–Crippen LogP) is 1.31. The van der Waals surface area contributed by atoms with Crippen LogP contribution in [0.15, 0.2) is 10.9 Å². The van der Waals surface area contributed by atoms with Crippen molar-refractivity contribution in [1.82, 2.24) is 9.97 Å². The van der Waals surface area contributed by atoms with Crippen LogP contribution in [0.1, 0.15) is 25.6 Å². The second-order valence-electron chi connectivity index (χ2n) is 4.36. The highest BCUT2D eigenvalue weighted by atomic mass is 16.1. The minimum Gasteiger partial charge on any atom is -0.356 e. The number of aryl methyl sites for hydroxylation is 1. The maximum Gasteiger partial charge on any atom is 0.252 e. The van der Waals surface area contributed by atoms with E-state index >= 15 is 0 Å². The number of anilines is 1. The van der Waals surface area contributed by atoms with Gasteiger partial charge in [0.05, 0.1) is 0 Å². The van der Waals surface area contributed by atoms with Crippen LogP contribution in [0, 0.1) is 12.8 Å². The van der Waals surface area contributed by atoms with Gasteiger partial charge in [-0.25, -0.2) is 4.98 Å². The van der Waals surface area contributed by atoms with Crippen LogP contribution in [0.25, 0.3) is 0 Å². The Morgan fingerprint density at radius 1 is 1.47 bits per heavy atom. The molecule has 0 unspecified atom stereocenters. The third-order valence-corrected chi connectivity index (χ3v) is 2.95. The first-order chi connectivity index (χ1) is 7.15. The summed E-state index contributed by atoms with van der Waals surface area (Å²) < 4.78 is 0. The van der Waals surface area contributed by atoms with Crippen LogP contribution in [0.2, 0.25) is 0 Å². The summed E-state index contributed by atoms with van der Waals surface area (Å²) in [5, 5.41) is 0. The van der Waals surface area contributed by atoms with Crippen LogP contribution in [-0.2, 0) is 0 Å². The van der Waals surface area contributed by atoms with Crippen LogP contribution >= 0.6 is 0 Å². The van der Waals surface area contributed by atoms with E-state index < -0.39 is 0 Å². The van der Waals surface area contributed by atoms with Crippen molar-refractivity contribution in [2.45, 2.75) is 26.7 Å². The maximum absolute atomic E-state index is 11.3. The van der Waals surface area contributed by atoms with Gasteiger partial charge in [-0.3, -0.25) is 4.79 Å². The quantitative estimate of drug-likeness (QED) is 0.755. The molecule has 82 valence electrons. The second-order valence-corrected chi connectivity index (χ2v) is 4.36. The molecule has 0 amide bonds. The number of nitrogens with zero attached hydrogens (tertiary/aromatic N) is 2. The van der Waals surface area contributed by atoms with Crippen LogP contribution in [0.5, 0.6) is 0 Å². The molecule has 0 atom stereocenters. The van der Waals surface area contributed by atoms with Crippen LogP contribution in [0.4, 0.5) is 5.82 Å². The topological polar surface area (TPSA) is 49.0 Å². The molecule has 1 aliphatic heterocycles. The number of nitrogens with one attached hydrogen (secondary N) is 1. The monoisotopic (exact) mass is 207 g/mol. The van der Waals surface area contributed by atoms with E-state index in [1.54, 1.807) is 6.07 Å². The second kappa shape index (κ2) is 4.04. The van der Waals surface area contributed by atoms with Gasteiger partial charge in [0.2, 0.25) is 0 Å². The highest BCUT2D eigenvalue weighted by Crippen LogP contribution is 2.19. The van der Waals surface area contributed by atoms with E-state index in [2.05, 4.69) is 21.8 Å². The van der Waals surface area contributed by atoms with Gasteiger partial charge >= 0.3 is 0 Å². The lowest BCUT2D eigenvalue weighted by molar-refractivity contribution is 0.436. The number of piperidine rings is 1. The Morgan fingerprint density at radius 2 is 2.13 bits per heavy atom. The van der Waals surface area contributed by atoms with Crippen molar-refractivity contribution in [3.8, 4) is 0 Å². The van der Waals surface area contributed by atoms with Gasteiger partial charge in [-0.1, -0.05) is 6.92 Å². The zero-order valence-electron chi connectivity index (χ0n) is 9.29. The zero-order valence-corrected chi connectivity index (χ0v) is 9.29. The van der Waals surface area contributed by atoms with Gasteiger partial charge in [0.25, 0.3) is 5.56 Å². The van der Waals surface area contributed by atoms with Crippen molar-refractivity contribution < 1.29 is 0 Å². The largest absolute Gasteiger partial charge is 0.356 e. The molecule has 1 aromatic rings. The van der Waals surface area contributed by atoms with Gasteiger partial charge in [0.1, 0.15) is 11.6 Å². The van der Waals surface area contributed by atoms with Crippen molar-refractivity contribution in [2.24, 2.45) is 5.92 Å². The number of H-pyrrole nitrogens is 1. The summed E-state index contributed by atoms with van der Waals surface area (Å²) in [5.41, 5.74) is -0.0591. The van der Waals surface area contributed by atoms with E-state index in [0.29, 0.717) is 5.82 Å². The molecule has 1 N–H and O–H groups in total. The molecule has 1 aliphatic rings. The molecule has 1 saturated heterocycles. The summed E-state index contributed by atoms with van der Waals surface area (Å²) in [5.74, 6) is 2.31. The Hall–Kier alpha value is -1.32. The molecule has 0 saturated carbocycles. The van der Waals surface area contributed by atoms with Crippen molar-refractivity contribution in [1.29, 1.82) is 0 Å². The first kappa shape index (κ1) is 10.2. The van der Waals surface area contributed by atoms with Crippen LogP contribution in [-0.4, -0.2) is 23.1 Å². The summed E-state index contributed by atoms with van der Waals surface area (Å²) in [6, 6.07) is 1.59. The standard InChI is InChI=1S/C11H17N3O/c1-8-3-5-14(6-4-8)10-7-11(15)13-9(2)12-10/h7-8H,3-6H2,1-2H3,(H,12,13,15). The van der Waals surface area contributed by atoms with E-state index in [-0.39, 0.29) is 5.56 Å². The molecule has 4 heteroatoms. The van der Waals surface area contributed by atoms with Gasteiger partial charge in [-0.05, 0) is 25.7 Å². The Bertz CT molecular complexity index is 391. The number of hydrogen-bond donors (Lipinski definition) is 1. The number of aromatic amines is 1. The molecule has 0 aromatic carbocycles. The van der Waals surface area contributed by atoms with Gasteiger partial charge in [-0.15, -0.1) is 0 Å². The lowest BCUT2D eigenvalue weighted by Crippen LogP contribution is -2.34. The first-order valence-electron chi connectivity index (χ1n) is 5.48. The molecule has 15 heavy (non-hydrogen) atoms. The van der Waals surface area contributed by atoms with E-state index in [0.717, 1.165) is 24.8 Å². The molecule has 2 rings (SSSR count). The van der Waals surface area contributed by atoms with E-state index in [4.69, 9.17) is 0 Å². The highest BCUT2D eigenvalue weighted by molar-refractivity contribution is 5.37. The highest BCUT2D eigenvalue weighted by Gasteiger charge is 2.17. The molecule has 4 nitrogen and oxygen atoms in total. The van der Waals surface area contributed by atoms with Crippen molar-refractivity contribution in [3.63, 3.8) is 0 Å². The van der Waals surface area contributed by atoms with Gasteiger partial charge in [0.15, 0.2) is 0 Å². The third kappa shape index (κ3) is 2.37.